The van der Waals surface area contributed by atoms with E-state index in [1.54, 1.807) is 65.0 Å². The quantitative estimate of drug-likeness (QED) is 0.520. The number of benzene rings is 2. The molecular weight excluding hydrogens is 462 g/mol. The van der Waals surface area contributed by atoms with Crippen LogP contribution in [0.1, 0.15) is 40.2 Å². The van der Waals surface area contributed by atoms with Gasteiger partial charge < -0.3 is 5.32 Å². The van der Waals surface area contributed by atoms with Crippen LogP contribution in [0.25, 0.3) is 6.08 Å². The summed E-state index contributed by atoms with van der Waals surface area (Å²) < 4.78 is 54.0. The van der Waals surface area contributed by atoms with Gasteiger partial charge in [0.05, 0.1) is 9.79 Å². The second-order valence-electron chi connectivity index (χ2n) is 8.36. The van der Waals surface area contributed by atoms with Gasteiger partial charge in [-0.05, 0) is 62.7 Å². The molecule has 8 nitrogen and oxygen atoms in total. The van der Waals surface area contributed by atoms with Gasteiger partial charge >= 0.3 is 0 Å². The zero-order chi connectivity index (χ0) is 24.9. The highest BCUT2D eigenvalue weighted by Gasteiger charge is 2.22. The highest BCUT2D eigenvalue weighted by Crippen LogP contribution is 2.19. The van der Waals surface area contributed by atoms with E-state index in [1.807, 2.05) is 0 Å². The lowest BCUT2D eigenvalue weighted by atomic mass is 10.1. The Hall–Kier alpha value is -2.53. The van der Waals surface area contributed by atoms with Crippen LogP contribution >= 0.6 is 0 Å². The number of nitrogens with one attached hydrogen (secondary N) is 2. The van der Waals surface area contributed by atoms with Crippen LogP contribution in [0.15, 0.2) is 64.4 Å². The molecule has 0 unspecified atom stereocenters. The van der Waals surface area contributed by atoms with Crippen molar-refractivity contribution in [1.82, 2.24) is 9.03 Å². The Morgan fingerprint density at radius 2 is 1.55 bits per heavy atom. The second kappa shape index (κ2) is 10.6. The van der Waals surface area contributed by atoms with Gasteiger partial charge in [-0.25, -0.2) is 21.6 Å². The van der Waals surface area contributed by atoms with Crippen molar-refractivity contribution in [2.45, 2.75) is 49.9 Å². The van der Waals surface area contributed by atoms with E-state index in [0.717, 1.165) is 0 Å². The highest BCUT2D eigenvalue weighted by molar-refractivity contribution is 7.89. The molecule has 0 aliphatic carbocycles. The minimum absolute atomic E-state index is 0.0456. The molecule has 0 fully saturated rings. The van der Waals surface area contributed by atoms with E-state index in [2.05, 4.69) is 10.0 Å². The highest BCUT2D eigenvalue weighted by atomic mass is 32.2. The van der Waals surface area contributed by atoms with Gasteiger partial charge in [-0.3, -0.25) is 4.79 Å². The molecule has 0 saturated carbocycles. The molecule has 33 heavy (non-hydrogen) atoms. The molecule has 2 rings (SSSR count). The zero-order valence-electron chi connectivity index (χ0n) is 19.5. The summed E-state index contributed by atoms with van der Waals surface area (Å²) in [5.41, 5.74) is 0.345. The third kappa shape index (κ3) is 7.50. The fourth-order valence-corrected chi connectivity index (χ4v) is 5.94. The lowest BCUT2D eigenvalue weighted by Crippen LogP contribution is -2.40. The maximum atomic E-state index is 12.5. The Kier molecular flexibility index (Phi) is 8.58. The normalized spacial score (nSPS) is 12.9. The Bertz CT molecular complexity index is 1210. The Morgan fingerprint density at radius 1 is 0.939 bits per heavy atom. The average Bonchev–Trinajstić information content (AvgIpc) is 2.72. The third-order valence-electron chi connectivity index (χ3n) is 4.50. The van der Waals surface area contributed by atoms with Crippen molar-refractivity contribution in [3.8, 4) is 0 Å². The molecule has 0 bridgehead atoms. The van der Waals surface area contributed by atoms with Crippen LogP contribution in [0.3, 0.4) is 0 Å². The van der Waals surface area contributed by atoms with Crippen LogP contribution in [0.5, 0.6) is 0 Å². The summed E-state index contributed by atoms with van der Waals surface area (Å²) in [5.74, 6) is -0.451. The summed E-state index contributed by atoms with van der Waals surface area (Å²) in [6.07, 6.45) is 2.84. The number of carbonyl (C=O) groups excluding carboxylic acids is 1. The van der Waals surface area contributed by atoms with E-state index < -0.39 is 31.5 Å². The first-order valence-corrected chi connectivity index (χ1v) is 13.4. The number of sulfonamides is 2. The Labute approximate surface area is 196 Å². The Balaban J connectivity index is 2.10. The molecule has 180 valence electrons. The van der Waals surface area contributed by atoms with Crippen LogP contribution < -0.4 is 10.0 Å². The lowest BCUT2D eigenvalue weighted by molar-refractivity contribution is -0.111. The molecule has 0 heterocycles. The van der Waals surface area contributed by atoms with E-state index in [-0.39, 0.29) is 9.79 Å². The van der Waals surface area contributed by atoms with Crippen LogP contribution in [0.2, 0.25) is 0 Å². The fourth-order valence-electron chi connectivity index (χ4n) is 3.02. The molecule has 0 atom stereocenters. The summed E-state index contributed by atoms with van der Waals surface area (Å²) in [6.45, 7) is 9.56. The third-order valence-corrected chi connectivity index (χ3v) is 8.32. The van der Waals surface area contributed by atoms with E-state index in [1.165, 1.54) is 34.6 Å². The molecule has 0 saturated heterocycles. The first-order chi connectivity index (χ1) is 15.3. The van der Waals surface area contributed by atoms with E-state index in [4.69, 9.17) is 0 Å². The standard InChI is InChI=1S/C23H31N3O5S2/c1-6-26(7-2)33(30,31)20-14-11-18(12-15-20)13-16-22(27)24-19-9-8-10-21(17-19)32(28,29)25-23(3,4)5/h8-17,25H,6-7H2,1-5H3,(H,24,27)/b16-13+. The van der Waals surface area contributed by atoms with Crippen molar-refractivity contribution in [3.05, 3.63) is 60.2 Å². The smallest absolute Gasteiger partial charge is 0.248 e. The molecule has 2 N–H and O–H groups in total. The van der Waals surface area contributed by atoms with Gasteiger partial charge in [0.25, 0.3) is 0 Å². The van der Waals surface area contributed by atoms with Crippen molar-refractivity contribution in [2.24, 2.45) is 0 Å². The number of anilines is 1. The number of hydrogen-bond donors (Lipinski definition) is 2. The number of nitrogens with zero attached hydrogens (tertiary/aromatic N) is 1. The molecule has 10 heteroatoms. The number of carbonyl (C=O) groups is 1. The molecule has 0 spiro atoms. The summed E-state index contributed by atoms with van der Waals surface area (Å²) in [4.78, 5) is 12.5. The summed E-state index contributed by atoms with van der Waals surface area (Å²) in [5, 5.41) is 2.63. The van der Waals surface area contributed by atoms with Crippen LogP contribution in [0.4, 0.5) is 5.69 Å². The minimum atomic E-state index is -3.73. The number of rotatable bonds is 9. The number of hydrogen-bond acceptors (Lipinski definition) is 5. The van der Waals surface area contributed by atoms with Crippen molar-refractivity contribution in [1.29, 1.82) is 0 Å². The number of amides is 1. The average molecular weight is 494 g/mol. The monoisotopic (exact) mass is 493 g/mol. The zero-order valence-corrected chi connectivity index (χ0v) is 21.1. The van der Waals surface area contributed by atoms with E-state index >= 15 is 0 Å². The first-order valence-electron chi connectivity index (χ1n) is 10.5. The molecule has 2 aromatic rings. The SMILES string of the molecule is CCN(CC)S(=O)(=O)c1ccc(/C=C/C(=O)Nc2cccc(S(=O)(=O)NC(C)(C)C)c2)cc1. The molecule has 0 aromatic heterocycles. The van der Waals surface area contributed by atoms with E-state index in [9.17, 15) is 21.6 Å². The van der Waals surface area contributed by atoms with Crippen molar-refractivity contribution in [3.63, 3.8) is 0 Å². The van der Waals surface area contributed by atoms with Gasteiger partial charge in [0.2, 0.25) is 26.0 Å². The maximum absolute atomic E-state index is 12.5. The molecule has 0 aliphatic rings. The van der Waals surface area contributed by atoms with Crippen molar-refractivity contribution < 1.29 is 21.6 Å². The van der Waals surface area contributed by atoms with Gasteiger partial charge in [0.1, 0.15) is 0 Å². The van der Waals surface area contributed by atoms with Gasteiger partial charge in [0, 0.05) is 30.4 Å². The van der Waals surface area contributed by atoms with Crippen LogP contribution in [0, 0.1) is 0 Å². The molecule has 2 aromatic carbocycles. The fraction of sp³-hybridized carbons (Fsp3) is 0.348. The predicted octanol–water partition coefficient (Wildman–Crippen LogP) is 3.45. The summed E-state index contributed by atoms with van der Waals surface area (Å²) in [7, 11) is -7.27. The van der Waals surface area contributed by atoms with Gasteiger partial charge in [-0.15, -0.1) is 0 Å². The topological polar surface area (TPSA) is 113 Å². The summed E-state index contributed by atoms with van der Waals surface area (Å²) in [6, 6.07) is 12.2. The maximum Gasteiger partial charge on any atom is 0.248 e. The molecule has 0 radical (unpaired) electrons. The largest absolute Gasteiger partial charge is 0.322 e. The summed E-state index contributed by atoms with van der Waals surface area (Å²) >= 11 is 0. The van der Waals surface area contributed by atoms with Crippen molar-refractivity contribution >= 4 is 37.7 Å². The van der Waals surface area contributed by atoms with Crippen molar-refractivity contribution in [2.75, 3.05) is 18.4 Å². The van der Waals surface area contributed by atoms with Gasteiger partial charge in [-0.2, -0.15) is 4.31 Å². The lowest BCUT2D eigenvalue weighted by Gasteiger charge is -2.20. The Morgan fingerprint density at radius 3 is 2.09 bits per heavy atom. The van der Waals surface area contributed by atoms with Gasteiger partial charge in [0.15, 0.2) is 0 Å². The first kappa shape index (κ1) is 26.7. The van der Waals surface area contributed by atoms with Gasteiger partial charge in [-0.1, -0.05) is 32.0 Å². The van der Waals surface area contributed by atoms with Crippen LogP contribution in [-0.2, 0) is 24.8 Å². The second-order valence-corrected chi connectivity index (χ2v) is 12.0. The molecular formula is C23H31N3O5S2. The molecule has 0 aliphatic heterocycles. The predicted molar refractivity (Wildman–Crippen MR) is 131 cm³/mol. The minimum Gasteiger partial charge on any atom is -0.322 e. The van der Waals surface area contributed by atoms with E-state index in [0.29, 0.717) is 24.3 Å². The van der Waals surface area contributed by atoms with Crippen LogP contribution in [-0.4, -0.2) is 45.7 Å². The molecule has 1 amide bonds.